The maximum Gasteiger partial charge on any atom is 0.233 e. The highest BCUT2D eigenvalue weighted by Gasteiger charge is 2.22. The third-order valence-corrected chi connectivity index (χ3v) is 6.21. The van der Waals surface area contributed by atoms with Crippen molar-refractivity contribution in [1.29, 1.82) is 0 Å². The van der Waals surface area contributed by atoms with Crippen molar-refractivity contribution in [2.45, 2.75) is 5.16 Å². The number of nitrogens with zero attached hydrogens (tertiary/aromatic N) is 6. The number of hydrogen-bond donors (Lipinski definition) is 0. The molecular formula is C20H21ClN6OS. The Bertz CT molecular complexity index is 988. The van der Waals surface area contributed by atoms with Crippen molar-refractivity contribution in [3.05, 3.63) is 53.7 Å². The van der Waals surface area contributed by atoms with E-state index in [2.05, 4.69) is 20.1 Å². The molecule has 0 spiro atoms. The molecular weight excluding hydrogens is 408 g/mol. The fraction of sp³-hybridized carbons (Fsp3) is 0.300. The molecule has 0 radical (unpaired) electrons. The van der Waals surface area contributed by atoms with E-state index < -0.39 is 0 Å². The van der Waals surface area contributed by atoms with Gasteiger partial charge in [0.25, 0.3) is 0 Å². The minimum atomic E-state index is 0.109. The van der Waals surface area contributed by atoms with Crippen molar-refractivity contribution >= 4 is 35.1 Å². The van der Waals surface area contributed by atoms with Crippen LogP contribution in [0.5, 0.6) is 0 Å². The zero-order chi connectivity index (χ0) is 20.2. The number of rotatable bonds is 5. The highest BCUT2D eigenvalue weighted by Crippen LogP contribution is 2.28. The average molecular weight is 429 g/mol. The summed E-state index contributed by atoms with van der Waals surface area (Å²) >= 11 is 7.66. The summed E-state index contributed by atoms with van der Waals surface area (Å²) in [5.74, 6) is 2.09. The van der Waals surface area contributed by atoms with E-state index in [4.69, 9.17) is 11.6 Å². The van der Waals surface area contributed by atoms with Crippen LogP contribution in [-0.2, 0) is 11.8 Å². The van der Waals surface area contributed by atoms with E-state index >= 15 is 0 Å². The van der Waals surface area contributed by atoms with Crippen LogP contribution in [0.2, 0.25) is 5.02 Å². The van der Waals surface area contributed by atoms with E-state index in [9.17, 15) is 4.79 Å². The van der Waals surface area contributed by atoms with Gasteiger partial charge in [-0.15, -0.1) is 10.2 Å². The predicted octanol–water partition coefficient (Wildman–Crippen LogP) is 2.97. The highest BCUT2D eigenvalue weighted by molar-refractivity contribution is 7.99. The Morgan fingerprint density at radius 1 is 1.07 bits per heavy atom. The van der Waals surface area contributed by atoms with Crippen LogP contribution < -0.4 is 4.90 Å². The van der Waals surface area contributed by atoms with Crippen molar-refractivity contribution in [3.63, 3.8) is 0 Å². The molecule has 0 bridgehead atoms. The minimum absolute atomic E-state index is 0.109. The average Bonchev–Trinajstić information content (AvgIpc) is 3.13. The molecule has 0 aliphatic carbocycles. The van der Waals surface area contributed by atoms with Crippen LogP contribution in [-0.4, -0.2) is 62.5 Å². The summed E-state index contributed by atoms with van der Waals surface area (Å²) < 4.78 is 1.87. The zero-order valence-corrected chi connectivity index (χ0v) is 17.6. The number of carbonyl (C=O) groups is 1. The summed E-state index contributed by atoms with van der Waals surface area (Å²) in [6, 6.07) is 13.4. The van der Waals surface area contributed by atoms with Crippen LogP contribution in [0, 0.1) is 0 Å². The van der Waals surface area contributed by atoms with Crippen LogP contribution in [0.1, 0.15) is 0 Å². The normalized spacial score (nSPS) is 14.3. The summed E-state index contributed by atoms with van der Waals surface area (Å²) in [5, 5.41) is 9.80. The number of carbonyl (C=O) groups excluding carboxylic acids is 1. The van der Waals surface area contributed by atoms with E-state index in [1.807, 2.05) is 59.0 Å². The molecule has 4 rings (SSSR count). The maximum absolute atomic E-state index is 12.6. The first kappa shape index (κ1) is 19.7. The molecule has 1 fully saturated rings. The van der Waals surface area contributed by atoms with Gasteiger partial charge in [0.2, 0.25) is 5.91 Å². The van der Waals surface area contributed by atoms with Gasteiger partial charge >= 0.3 is 0 Å². The molecule has 0 unspecified atom stereocenters. The molecule has 29 heavy (non-hydrogen) atoms. The third-order valence-electron chi connectivity index (χ3n) is 4.88. The quantitative estimate of drug-likeness (QED) is 0.582. The molecule has 9 heteroatoms. The lowest BCUT2D eigenvalue weighted by molar-refractivity contribution is -0.128. The lowest BCUT2D eigenvalue weighted by Crippen LogP contribution is -2.49. The Morgan fingerprint density at radius 3 is 2.55 bits per heavy atom. The van der Waals surface area contributed by atoms with Gasteiger partial charge in [-0.3, -0.25) is 4.79 Å². The van der Waals surface area contributed by atoms with Crippen molar-refractivity contribution < 1.29 is 4.79 Å². The number of halogens is 1. The van der Waals surface area contributed by atoms with Gasteiger partial charge < -0.3 is 14.4 Å². The van der Waals surface area contributed by atoms with Crippen molar-refractivity contribution in [3.8, 4) is 11.4 Å². The second-order valence-electron chi connectivity index (χ2n) is 6.69. The summed E-state index contributed by atoms with van der Waals surface area (Å²) in [6.07, 6.45) is 1.79. The zero-order valence-electron chi connectivity index (χ0n) is 16.0. The molecule has 0 N–H and O–H groups in total. The predicted molar refractivity (Wildman–Crippen MR) is 115 cm³/mol. The van der Waals surface area contributed by atoms with Crippen molar-refractivity contribution in [2.24, 2.45) is 7.05 Å². The number of anilines is 1. The molecule has 3 aromatic rings. The second kappa shape index (κ2) is 8.84. The number of aromatic nitrogens is 4. The molecule has 1 saturated heterocycles. The monoisotopic (exact) mass is 428 g/mol. The largest absolute Gasteiger partial charge is 0.353 e. The van der Waals surface area contributed by atoms with E-state index in [1.165, 1.54) is 11.8 Å². The SMILES string of the molecule is Cn1c(SCC(=O)N2CCN(c3ccccn3)CC2)nnc1-c1ccccc1Cl. The summed E-state index contributed by atoms with van der Waals surface area (Å²) in [5.41, 5.74) is 0.827. The molecule has 7 nitrogen and oxygen atoms in total. The topological polar surface area (TPSA) is 67.2 Å². The van der Waals surface area contributed by atoms with Gasteiger partial charge in [-0.2, -0.15) is 0 Å². The molecule has 1 amide bonds. The second-order valence-corrected chi connectivity index (χ2v) is 8.04. The Morgan fingerprint density at radius 2 is 1.83 bits per heavy atom. The van der Waals surface area contributed by atoms with Gasteiger partial charge in [0.1, 0.15) is 5.82 Å². The summed E-state index contributed by atoms with van der Waals surface area (Å²) in [7, 11) is 1.89. The van der Waals surface area contributed by atoms with Crippen LogP contribution in [0.3, 0.4) is 0 Å². The first-order valence-electron chi connectivity index (χ1n) is 9.34. The smallest absolute Gasteiger partial charge is 0.233 e. The lowest BCUT2D eigenvalue weighted by Gasteiger charge is -2.35. The van der Waals surface area contributed by atoms with E-state index in [1.54, 1.807) is 6.20 Å². The molecule has 0 atom stereocenters. The third kappa shape index (κ3) is 4.38. The minimum Gasteiger partial charge on any atom is -0.353 e. The Hall–Kier alpha value is -2.58. The van der Waals surface area contributed by atoms with Crippen LogP contribution in [0.15, 0.2) is 53.8 Å². The van der Waals surface area contributed by atoms with Crippen molar-refractivity contribution in [2.75, 3.05) is 36.8 Å². The van der Waals surface area contributed by atoms with Gasteiger partial charge in [0.05, 0.1) is 10.8 Å². The fourth-order valence-electron chi connectivity index (χ4n) is 3.26. The van der Waals surface area contributed by atoms with Gasteiger partial charge in [0.15, 0.2) is 11.0 Å². The maximum atomic E-state index is 12.6. The van der Waals surface area contributed by atoms with Gasteiger partial charge in [-0.25, -0.2) is 4.98 Å². The van der Waals surface area contributed by atoms with Crippen LogP contribution >= 0.6 is 23.4 Å². The number of benzene rings is 1. The Kier molecular flexibility index (Phi) is 6.01. The molecule has 0 saturated carbocycles. The van der Waals surface area contributed by atoms with E-state index in [0.717, 1.165) is 24.5 Å². The first-order valence-corrected chi connectivity index (χ1v) is 10.7. The molecule has 2 aromatic heterocycles. The highest BCUT2D eigenvalue weighted by atomic mass is 35.5. The number of piperazine rings is 1. The molecule has 1 aliphatic rings. The summed E-state index contributed by atoms with van der Waals surface area (Å²) in [4.78, 5) is 21.1. The van der Waals surface area contributed by atoms with Gasteiger partial charge in [-0.05, 0) is 24.3 Å². The number of thioether (sulfide) groups is 1. The summed E-state index contributed by atoms with van der Waals surface area (Å²) in [6.45, 7) is 2.96. The Labute approximate surface area is 178 Å². The van der Waals surface area contributed by atoms with Crippen LogP contribution in [0.25, 0.3) is 11.4 Å². The van der Waals surface area contributed by atoms with Gasteiger partial charge in [0, 0.05) is 45.0 Å². The molecule has 1 aromatic carbocycles. The van der Waals surface area contributed by atoms with Crippen LogP contribution in [0.4, 0.5) is 5.82 Å². The molecule has 3 heterocycles. The Balaban J connectivity index is 1.33. The molecule has 150 valence electrons. The standard InChI is InChI=1S/C20H21ClN6OS/c1-25-19(15-6-2-3-7-16(15)21)23-24-20(25)29-14-18(28)27-12-10-26(11-13-27)17-8-4-5-9-22-17/h2-9H,10-14H2,1H3. The van der Waals surface area contributed by atoms with Crippen molar-refractivity contribution in [1.82, 2.24) is 24.6 Å². The lowest BCUT2D eigenvalue weighted by atomic mass is 10.2. The molecule has 1 aliphatic heterocycles. The number of pyridine rings is 1. The van der Waals surface area contributed by atoms with E-state index in [0.29, 0.717) is 34.8 Å². The first-order chi connectivity index (χ1) is 14.1. The number of amides is 1. The number of hydrogen-bond acceptors (Lipinski definition) is 6. The fourth-order valence-corrected chi connectivity index (χ4v) is 4.30. The van der Waals surface area contributed by atoms with Gasteiger partial charge in [-0.1, -0.05) is 41.6 Å². The van der Waals surface area contributed by atoms with E-state index in [-0.39, 0.29) is 5.91 Å².